The van der Waals surface area contributed by atoms with Crippen LogP contribution in [0.4, 0.5) is 0 Å². The van der Waals surface area contributed by atoms with Gasteiger partial charge in [0.15, 0.2) is 0 Å². The summed E-state index contributed by atoms with van der Waals surface area (Å²) in [5.41, 5.74) is 1.13. The molecule has 5 heteroatoms. The van der Waals surface area contributed by atoms with E-state index in [-0.39, 0.29) is 13.2 Å². The second-order valence-corrected chi connectivity index (χ2v) is 3.24. The molecule has 0 aliphatic heterocycles. The zero-order valence-corrected chi connectivity index (χ0v) is 9.80. The van der Waals surface area contributed by atoms with Crippen LogP contribution in [-0.2, 0) is 32.3 Å². The Balaban J connectivity index is 2.56. The van der Waals surface area contributed by atoms with E-state index in [0.717, 1.165) is 12.2 Å². The Labute approximate surface area is 105 Å². The second-order valence-electron chi connectivity index (χ2n) is 3.24. The van der Waals surface area contributed by atoms with Gasteiger partial charge in [-0.1, -0.05) is 19.2 Å². The lowest BCUT2D eigenvalue weighted by atomic mass is 10.3. The zero-order chi connectivity index (χ0) is 13.4. The monoisotopic (exact) mass is 247 g/mol. The molecule has 1 heterocycles. The van der Waals surface area contributed by atoms with Crippen molar-refractivity contribution in [3.05, 3.63) is 54.9 Å². The number of nitrogens with zero attached hydrogens (tertiary/aromatic N) is 1. The van der Waals surface area contributed by atoms with E-state index >= 15 is 0 Å². The van der Waals surface area contributed by atoms with Crippen LogP contribution < -0.4 is 0 Å². The minimum atomic E-state index is -0.514. The van der Waals surface area contributed by atoms with Crippen LogP contribution in [0.3, 0.4) is 0 Å². The van der Waals surface area contributed by atoms with Crippen LogP contribution in [0.1, 0.15) is 11.4 Å². The topological polar surface area (TPSA) is 65.5 Å². The average Bonchev–Trinajstić information content (AvgIpc) is 2.42. The Morgan fingerprint density at radius 3 is 1.89 bits per heavy atom. The number of rotatable bonds is 6. The number of aromatic nitrogens is 1. The van der Waals surface area contributed by atoms with Gasteiger partial charge in [-0.3, -0.25) is 4.98 Å². The molecule has 18 heavy (non-hydrogen) atoms. The fourth-order valence-electron chi connectivity index (χ4n) is 1.10. The molecule has 0 N–H and O–H groups in total. The van der Waals surface area contributed by atoms with Crippen molar-refractivity contribution in [1.82, 2.24) is 4.98 Å². The van der Waals surface area contributed by atoms with Gasteiger partial charge in [-0.05, 0) is 12.1 Å². The molecule has 1 aromatic rings. The minimum Gasteiger partial charge on any atom is -0.456 e. The highest BCUT2D eigenvalue weighted by atomic mass is 16.5. The normalized spacial score (nSPS) is 9.33. The van der Waals surface area contributed by atoms with Crippen molar-refractivity contribution in [1.29, 1.82) is 0 Å². The van der Waals surface area contributed by atoms with E-state index in [2.05, 4.69) is 18.1 Å². The summed E-state index contributed by atoms with van der Waals surface area (Å²) in [6, 6.07) is 5.14. The third-order valence-electron chi connectivity index (χ3n) is 1.92. The molecule has 0 saturated carbocycles. The maximum absolute atomic E-state index is 10.9. The summed E-state index contributed by atoms with van der Waals surface area (Å²) >= 11 is 0. The first-order chi connectivity index (χ1) is 8.65. The van der Waals surface area contributed by atoms with Gasteiger partial charge in [0.05, 0.1) is 11.4 Å². The first-order valence-corrected chi connectivity index (χ1v) is 5.19. The molecule has 0 radical (unpaired) electrons. The molecule has 5 nitrogen and oxygen atoms in total. The lowest BCUT2D eigenvalue weighted by Crippen LogP contribution is -2.05. The van der Waals surface area contributed by atoms with Gasteiger partial charge in [-0.15, -0.1) is 0 Å². The second kappa shape index (κ2) is 7.01. The number of hydrogen-bond acceptors (Lipinski definition) is 5. The van der Waals surface area contributed by atoms with E-state index in [4.69, 9.17) is 9.47 Å². The van der Waals surface area contributed by atoms with Crippen LogP contribution in [-0.4, -0.2) is 16.9 Å². The number of carbonyl (C=O) groups excluding carboxylic acids is 2. The van der Waals surface area contributed by atoms with Crippen LogP contribution >= 0.6 is 0 Å². The van der Waals surface area contributed by atoms with E-state index in [0.29, 0.717) is 11.4 Å². The molecule has 1 rings (SSSR count). The first kappa shape index (κ1) is 13.6. The van der Waals surface area contributed by atoms with Crippen molar-refractivity contribution >= 4 is 11.9 Å². The highest BCUT2D eigenvalue weighted by molar-refractivity contribution is 5.81. The van der Waals surface area contributed by atoms with Crippen LogP contribution in [0.15, 0.2) is 43.5 Å². The highest BCUT2D eigenvalue weighted by Crippen LogP contribution is 2.03. The molecular formula is C13H13NO4. The molecule has 0 aliphatic carbocycles. The van der Waals surface area contributed by atoms with Gasteiger partial charge in [0.1, 0.15) is 13.2 Å². The van der Waals surface area contributed by atoms with Gasteiger partial charge in [0.2, 0.25) is 0 Å². The van der Waals surface area contributed by atoms with Gasteiger partial charge in [-0.25, -0.2) is 9.59 Å². The number of esters is 2. The largest absolute Gasteiger partial charge is 0.456 e. The average molecular weight is 247 g/mol. The third-order valence-corrected chi connectivity index (χ3v) is 1.92. The smallest absolute Gasteiger partial charge is 0.330 e. The molecular weight excluding hydrogens is 234 g/mol. The van der Waals surface area contributed by atoms with Gasteiger partial charge in [-0.2, -0.15) is 0 Å². The maximum atomic E-state index is 10.9. The summed E-state index contributed by atoms with van der Waals surface area (Å²) in [6.07, 6.45) is 2.16. The van der Waals surface area contributed by atoms with Crippen LogP contribution in [0.25, 0.3) is 0 Å². The summed E-state index contributed by atoms with van der Waals surface area (Å²) in [5.74, 6) is -1.03. The summed E-state index contributed by atoms with van der Waals surface area (Å²) in [4.78, 5) is 25.9. The van der Waals surface area contributed by atoms with E-state index in [1.807, 2.05) is 0 Å². The molecule has 0 spiro atoms. The number of carbonyl (C=O) groups is 2. The highest BCUT2D eigenvalue weighted by Gasteiger charge is 2.03. The standard InChI is InChI=1S/C13H13NO4/c1-3-12(15)17-8-10-6-5-7-11(14-10)9-18-13(16)4-2/h3-7H,1-2,8-9H2. The van der Waals surface area contributed by atoms with Crippen molar-refractivity contribution in [2.75, 3.05) is 0 Å². The van der Waals surface area contributed by atoms with Gasteiger partial charge in [0, 0.05) is 12.2 Å². The van der Waals surface area contributed by atoms with E-state index in [1.165, 1.54) is 0 Å². The molecule has 0 aliphatic rings. The van der Waals surface area contributed by atoms with Gasteiger partial charge >= 0.3 is 11.9 Å². The lowest BCUT2D eigenvalue weighted by molar-refractivity contribution is -0.139. The molecule has 0 unspecified atom stereocenters. The van der Waals surface area contributed by atoms with Crippen molar-refractivity contribution in [2.45, 2.75) is 13.2 Å². The molecule has 0 saturated heterocycles. The molecule has 0 aromatic carbocycles. The van der Waals surface area contributed by atoms with Crippen molar-refractivity contribution in [3.63, 3.8) is 0 Å². The Kier molecular flexibility index (Phi) is 5.31. The summed E-state index contributed by atoms with van der Waals surface area (Å²) in [7, 11) is 0. The number of ether oxygens (including phenoxy) is 2. The summed E-state index contributed by atoms with van der Waals surface area (Å²) in [6.45, 7) is 6.67. The molecule has 94 valence electrons. The maximum Gasteiger partial charge on any atom is 0.330 e. The molecule has 0 fully saturated rings. The zero-order valence-electron chi connectivity index (χ0n) is 9.80. The van der Waals surface area contributed by atoms with E-state index in [1.54, 1.807) is 18.2 Å². The molecule has 1 aromatic heterocycles. The number of pyridine rings is 1. The summed E-state index contributed by atoms with van der Waals surface area (Å²) in [5, 5.41) is 0. The Morgan fingerprint density at radius 2 is 1.50 bits per heavy atom. The number of hydrogen-bond donors (Lipinski definition) is 0. The van der Waals surface area contributed by atoms with Crippen molar-refractivity contribution in [2.24, 2.45) is 0 Å². The first-order valence-electron chi connectivity index (χ1n) is 5.19. The Morgan fingerprint density at radius 1 is 1.06 bits per heavy atom. The predicted molar refractivity (Wildman–Crippen MR) is 64.2 cm³/mol. The van der Waals surface area contributed by atoms with Gasteiger partial charge in [0.25, 0.3) is 0 Å². The molecule has 0 bridgehead atoms. The SMILES string of the molecule is C=CC(=O)OCc1cccc(COC(=O)C=C)n1. The fraction of sp³-hybridized carbons (Fsp3) is 0.154. The quantitative estimate of drug-likeness (QED) is 0.563. The minimum absolute atomic E-state index is 0.0497. The Hall–Kier alpha value is -2.43. The Bertz CT molecular complexity index is 429. The lowest BCUT2D eigenvalue weighted by Gasteiger charge is -2.05. The van der Waals surface area contributed by atoms with Crippen LogP contribution in [0.5, 0.6) is 0 Å². The van der Waals surface area contributed by atoms with E-state index < -0.39 is 11.9 Å². The molecule has 0 amide bonds. The van der Waals surface area contributed by atoms with Gasteiger partial charge < -0.3 is 9.47 Å². The third kappa shape index (κ3) is 4.61. The molecule has 0 atom stereocenters. The van der Waals surface area contributed by atoms with E-state index in [9.17, 15) is 9.59 Å². The van der Waals surface area contributed by atoms with Crippen molar-refractivity contribution < 1.29 is 19.1 Å². The van der Waals surface area contributed by atoms with Crippen molar-refractivity contribution in [3.8, 4) is 0 Å². The van der Waals surface area contributed by atoms with Crippen LogP contribution in [0, 0.1) is 0 Å². The predicted octanol–water partition coefficient (Wildman–Crippen LogP) is 1.54. The van der Waals surface area contributed by atoms with Crippen LogP contribution in [0.2, 0.25) is 0 Å². The fourth-order valence-corrected chi connectivity index (χ4v) is 1.10. The summed E-state index contributed by atoms with van der Waals surface area (Å²) < 4.78 is 9.67.